The highest BCUT2D eigenvalue weighted by Gasteiger charge is 2.30. The zero-order valence-electron chi connectivity index (χ0n) is 12.6. The molecular weight excluding hydrogens is 236 g/mol. The van der Waals surface area contributed by atoms with Crippen LogP contribution in [0.25, 0.3) is 0 Å². The molecule has 0 spiro atoms. The first-order valence-electron chi connectivity index (χ1n) is 5.70. The van der Waals surface area contributed by atoms with Gasteiger partial charge in [-0.2, -0.15) is 12.6 Å². The molecule has 4 nitrogen and oxygen atoms in total. The summed E-state index contributed by atoms with van der Waals surface area (Å²) in [7, 11) is 0. The summed E-state index contributed by atoms with van der Waals surface area (Å²) in [5.74, 6) is 8.35. The molecule has 0 fully saturated rings. The van der Waals surface area contributed by atoms with E-state index in [1.54, 1.807) is 13.8 Å². The van der Waals surface area contributed by atoms with Crippen LogP contribution in [-0.2, 0) is 0 Å². The van der Waals surface area contributed by atoms with E-state index in [-0.39, 0.29) is 4.75 Å². The summed E-state index contributed by atoms with van der Waals surface area (Å²) in [6.45, 7) is 14.9. The molecule has 0 bridgehead atoms. The van der Waals surface area contributed by atoms with E-state index in [9.17, 15) is 5.11 Å². The maximum absolute atomic E-state index is 9.28. The quantitative estimate of drug-likeness (QED) is 0.299. The van der Waals surface area contributed by atoms with Gasteiger partial charge in [-0.05, 0) is 47.5 Å². The Morgan fingerprint density at radius 3 is 1.00 bits per heavy atom. The van der Waals surface area contributed by atoms with E-state index >= 15 is 0 Å². The molecule has 0 aliphatic heterocycles. The first-order chi connectivity index (χ1) is 7.19. The molecule has 0 atom stereocenters. The summed E-state index contributed by atoms with van der Waals surface area (Å²) in [5.41, 5.74) is -1.20. The molecule has 6 N–H and O–H groups in total. The summed E-state index contributed by atoms with van der Waals surface area (Å²) in [6.07, 6.45) is 0. The Bertz CT molecular complexity index is 164. The van der Waals surface area contributed by atoms with Gasteiger partial charge in [0.25, 0.3) is 0 Å². The lowest BCUT2D eigenvalue weighted by atomic mass is 9.94. The molecule has 0 aliphatic rings. The van der Waals surface area contributed by atoms with Crippen LogP contribution in [0, 0.1) is 5.92 Å². The lowest BCUT2D eigenvalue weighted by molar-refractivity contribution is 0.0327. The van der Waals surface area contributed by atoms with Crippen LogP contribution < -0.4 is 11.7 Å². The van der Waals surface area contributed by atoms with Crippen LogP contribution >= 0.6 is 12.6 Å². The Morgan fingerprint density at radius 1 is 0.882 bits per heavy atom. The van der Waals surface area contributed by atoms with E-state index in [1.807, 2.05) is 41.5 Å². The number of nitrogens with two attached hydrogens (primary N) is 2. The Balaban J connectivity index is -0.000000202. The molecule has 0 aromatic carbocycles. The SMILES string of the molecule is CC(C)(O)C(C)(C)S.CC(C)C(C)(C)O.NN. The van der Waals surface area contributed by atoms with Crippen molar-refractivity contribution < 1.29 is 10.2 Å². The van der Waals surface area contributed by atoms with Gasteiger partial charge in [0, 0.05) is 4.75 Å². The molecule has 0 saturated carbocycles. The van der Waals surface area contributed by atoms with Gasteiger partial charge in [0.1, 0.15) is 0 Å². The number of rotatable bonds is 2. The van der Waals surface area contributed by atoms with Crippen molar-refractivity contribution in [3.8, 4) is 0 Å². The lowest BCUT2D eigenvalue weighted by Crippen LogP contribution is -2.40. The first-order valence-corrected chi connectivity index (χ1v) is 6.14. The van der Waals surface area contributed by atoms with Crippen molar-refractivity contribution in [2.24, 2.45) is 17.6 Å². The topological polar surface area (TPSA) is 92.5 Å². The molecule has 0 aromatic heterocycles. The van der Waals surface area contributed by atoms with Gasteiger partial charge in [-0.3, -0.25) is 11.7 Å². The Kier molecular flexibility index (Phi) is 11.0. The zero-order valence-corrected chi connectivity index (χ0v) is 13.5. The van der Waals surface area contributed by atoms with Crippen molar-refractivity contribution >= 4 is 12.6 Å². The second-order valence-corrected chi connectivity index (χ2v) is 7.04. The molecule has 0 aromatic rings. The minimum absolute atomic E-state index is 0.312. The normalized spacial score (nSPS) is 12.4. The monoisotopic (exact) mass is 268 g/mol. The van der Waals surface area contributed by atoms with E-state index in [0.717, 1.165) is 0 Å². The maximum Gasteiger partial charge on any atom is 0.0729 e. The Morgan fingerprint density at radius 2 is 1.00 bits per heavy atom. The molecular formula is C12H32N2O2S. The minimum atomic E-state index is -0.698. The molecule has 0 saturated heterocycles. The number of thiol groups is 1. The first kappa shape index (κ1) is 22.4. The lowest BCUT2D eigenvalue weighted by Gasteiger charge is -2.32. The zero-order chi connectivity index (χ0) is 15.1. The van der Waals surface area contributed by atoms with Crippen LogP contribution in [0.5, 0.6) is 0 Å². The minimum Gasteiger partial charge on any atom is -0.390 e. The number of hydrogen-bond acceptors (Lipinski definition) is 5. The fourth-order valence-electron chi connectivity index (χ4n) is 0. The molecule has 0 heterocycles. The highest BCUT2D eigenvalue weighted by Crippen LogP contribution is 2.26. The average Bonchev–Trinajstić information content (AvgIpc) is 2.03. The summed E-state index contributed by atoms with van der Waals surface area (Å²) < 4.78 is -0.312. The summed E-state index contributed by atoms with van der Waals surface area (Å²) in [4.78, 5) is 0. The van der Waals surface area contributed by atoms with Gasteiger partial charge in [0.15, 0.2) is 0 Å². The van der Waals surface area contributed by atoms with Crippen molar-refractivity contribution in [1.82, 2.24) is 0 Å². The highest BCUT2D eigenvalue weighted by atomic mass is 32.1. The smallest absolute Gasteiger partial charge is 0.0729 e. The molecule has 17 heavy (non-hydrogen) atoms. The van der Waals surface area contributed by atoms with Gasteiger partial charge in [-0.1, -0.05) is 13.8 Å². The average molecular weight is 268 g/mol. The van der Waals surface area contributed by atoms with E-state index in [4.69, 9.17) is 5.11 Å². The van der Waals surface area contributed by atoms with Crippen LogP contribution in [0.4, 0.5) is 0 Å². The Labute approximate surface area is 112 Å². The molecule has 0 unspecified atom stereocenters. The van der Waals surface area contributed by atoms with E-state index in [2.05, 4.69) is 24.3 Å². The molecule has 0 aliphatic carbocycles. The highest BCUT2D eigenvalue weighted by molar-refractivity contribution is 7.81. The van der Waals surface area contributed by atoms with Crippen molar-refractivity contribution in [1.29, 1.82) is 0 Å². The molecule has 5 heteroatoms. The van der Waals surface area contributed by atoms with Crippen molar-refractivity contribution in [2.75, 3.05) is 0 Å². The fraction of sp³-hybridized carbons (Fsp3) is 1.00. The van der Waals surface area contributed by atoms with Gasteiger partial charge in [0.05, 0.1) is 11.2 Å². The second kappa shape index (κ2) is 8.32. The number of hydrazine groups is 1. The summed E-state index contributed by atoms with van der Waals surface area (Å²) >= 11 is 4.19. The third-order valence-corrected chi connectivity index (χ3v) is 3.46. The molecule has 108 valence electrons. The van der Waals surface area contributed by atoms with Crippen molar-refractivity contribution in [2.45, 2.75) is 71.3 Å². The standard InChI is InChI=1S/C6H14OS.C6H14O.H4N2/c1-5(2,7)6(3,4)8;1-5(2)6(3,4)7;1-2/h7-8H,1-4H3;5,7H,1-4H3;1-2H2. The summed E-state index contributed by atoms with van der Waals surface area (Å²) in [5, 5.41) is 18.4. The molecule has 0 rings (SSSR count). The van der Waals surface area contributed by atoms with Gasteiger partial charge in [-0.25, -0.2) is 0 Å². The van der Waals surface area contributed by atoms with Gasteiger partial charge < -0.3 is 10.2 Å². The van der Waals surface area contributed by atoms with Gasteiger partial charge in [-0.15, -0.1) is 0 Å². The van der Waals surface area contributed by atoms with E-state index in [1.165, 1.54) is 0 Å². The van der Waals surface area contributed by atoms with Crippen molar-refractivity contribution in [3.63, 3.8) is 0 Å². The number of aliphatic hydroxyl groups is 2. The maximum atomic E-state index is 9.28. The van der Waals surface area contributed by atoms with Gasteiger partial charge in [0.2, 0.25) is 0 Å². The van der Waals surface area contributed by atoms with Crippen LogP contribution in [0.15, 0.2) is 0 Å². The largest absolute Gasteiger partial charge is 0.390 e. The van der Waals surface area contributed by atoms with Crippen LogP contribution in [0.2, 0.25) is 0 Å². The van der Waals surface area contributed by atoms with Crippen LogP contribution in [0.3, 0.4) is 0 Å². The van der Waals surface area contributed by atoms with Crippen LogP contribution in [0.1, 0.15) is 55.4 Å². The predicted molar refractivity (Wildman–Crippen MR) is 78.9 cm³/mol. The molecule has 0 radical (unpaired) electrons. The number of hydrogen-bond donors (Lipinski definition) is 5. The van der Waals surface area contributed by atoms with Gasteiger partial charge >= 0.3 is 0 Å². The van der Waals surface area contributed by atoms with E-state index in [0.29, 0.717) is 5.92 Å². The van der Waals surface area contributed by atoms with Crippen LogP contribution in [-0.4, -0.2) is 26.2 Å². The van der Waals surface area contributed by atoms with Crippen molar-refractivity contribution in [3.05, 3.63) is 0 Å². The molecule has 0 amide bonds. The second-order valence-electron chi connectivity index (χ2n) is 5.93. The fourth-order valence-corrected chi connectivity index (χ4v) is 0. The third-order valence-electron chi connectivity index (χ3n) is 2.91. The predicted octanol–water partition coefficient (Wildman–Crippen LogP) is 1.70. The van der Waals surface area contributed by atoms with E-state index < -0.39 is 11.2 Å². The summed E-state index contributed by atoms with van der Waals surface area (Å²) in [6, 6.07) is 0. The Hall–Kier alpha value is 0.190. The third kappa shape index (κ3) is 14.1.